The molecule has 2 rings (SSSR count). The van der Waals surface area contributed by atoms with Crippen LogP contribution < -0.4 is 0 Å². The van der Waals surface area contributed by atoms with Gasteiger partial charge < -0.3 is 4.52 Å². The Balaban J connectivity index is 2.40. The molecule has 0 aliphatic rings. The van der Waals surface area contributed by atoms with Crippen LogP contribution in [-0.4, -0.2) is 10.1 Å². The first-order valence-electron chi connectivity index (χ1n) is 5.13. The molecule has 102 valence electrons. The molecule has 3 nitrogen and oxygen atoms in total. The summed E-state index contributed by atoms with van der Waals surface area (Å²) in [5.41, 5.74) is -0.570. The largest absolute Gasteiger partial charge is 0.417 e. The summed E-state index contributed by atoms with van der Waals surface area (Å²) in [4.78, 5) is 3.67. The SMILES string of the molecule is C[C@H](Cl)c1cc(-c2ncc(C(F)(F)F)cc2Cl)no1. The van der Waals surface area contributed by atoms with Crippen molar-refractivity contribution >= 4 is 23.2 Å². The van der Waals surface area contributed by atoms with Gasteiger partial charge in [0.1, 0.15) is 11.4 Å². The topological polar surface area (TPSA) is 38.9 Å². The highest BCUT2D eigenvalue weighted by Gasteiger charge is 2.32. The number of hydrogen-bond donors (Lipinski definition) is 0. The van der Waals surface area contributed by atoms with E-state index in [0.717, 1.165) is 6.07 Å². The predicted molar refractivity (Wildman–Crippen MR) is 64.0 cm³/mol. The highest BCUT2D eigenvalue weighted by atomic mass is 35.5. The number of nitrogens with zero attached hydrogens (tertiary/aromatic N) is 2. The molecule has 0 amide bonds. The Hall–Kier alpha value is -1.27. The second kappa shape index (κ2) is 5.02. The molecule has 2 heterocycles. The summed E-state index contributed by atoms with van der Waals surface area (Å²) in [5, 5.41) is 3.11. The Labute approximate surface area is 116 Å². The maximum atomic E-state index is 12.5. The molecule has 0 unspecified atom stereocenters. The van der Waals surface area contributed by atoms with E-state index in [1.165, 1.54) is 6.07 Å². The first kappa shape index (κ1) is 14.1. The van der Waals surface area contributed by atoms with Crippen LogP contribution >= 0.6 is 23.2 Å². The van der Waals surface area contributed by atoms with Crippen molar-refractivity contribution in [3.05, 3.63) is 34.7 Å². The highest BCUT2D eigenvalue weighted by Crippen LogP contribution is 2.34. The minimum Gasteiger partial charge on any atom is -0.359 e. The van der Waals surface area contributed by atoms with Gasteiger partial charge in [-0.25, -0.2) is 0 Å². The third-order valence-corrected chi connectivity index (χ3v) is 2.83. The van der Waals surface area contributed by atoms with Gasteiger partial charge in [-0.1, -0.05) is 16.8 Å². The molecule has 0 fully saturated rings. The van der Waals surface area contributed by atoms with E-state index in [4.69, 9.17) is 27.7 Å². The molecule has 2 aromatic rings. The summed E-state index contributed by atoms with van der Waals surface area (Å²) in [6, 6.07) is 2.28. The molecule has 0 bridgehead atoms. The summed E-state index contributed by atoms with van der Waals surface area (Å²) < 4.78 is 42.3. The molecular formula is C11H7Cl2F3N2O. The molecule has 0 saturated carbocycles. The van der Waals surface area contributed by atoms with Crippen LogP contribution in [-0.2, 0) is 6.18 Å². The van der Waals surface area contributed by atoms with Gasteiger partial charge in [-0.3, -0.25) is 4.98 Å². The second-order valence-corrected chi connectivity index (χ2v) is 4.84. The lowest BCUT2D eigenvalue weighted by Gasteiger charge is -2.07. The van der Waals surface area contributed by atoms with Crippen LogP contribution in [0.2, 0.25) is 5.02 Å². The molecule has 0 radical (unpaired) electrons. The van der Waals surface area contributed by atoms with Crippen LogP contribution in [0, 0.1) is 0 Å². The number of alkyl halides is 4. The Bertz CT molecular complexity index is 596. The summed E-state index contributed by atoms with van der Waals surface area (Å²) in [6.07, 6.45) is -3.80. The minimum atomic E-state index is -4.49. The van der Waals surface area contributed by atoms with Crippen molar-refractivity contribution in [3.63, 3.8) is 0 Å². The zero-order valence-corrected chi connectivity index (χ0v) is 11.0. The van der Waals surface area contributed by atoms with E-state index in [0.29, 0.717) is 12.0 Å². The fourth-order valence-electron chi connectivity index (χ4n) is 1.37. The van der Waals surface area contributed by atoms with Crippen LogP contribution in [0.15, 0.2) is 22.9 Å². The number of hydrogen-bond acceptors (Lipinski definition) is 3. The quantitative estimate of drug-likeness (QED) is 0.754. The lowest BCUT2D eigenvalue weighted by atomic mass is 10.2. The van der Waals surface area contributed by atoms with E-state index in [1.807, 2.05) is 0 Å². The van der Waals surface area contributed by atoms with Crippen molar-refractivity contribution in [2.75, 3.05) is 0 Å². The molecule has 0 aliphatic heterocycles. The van der Waals surface area contributed by atoms with Gasteiger partial charge in [0, 0.05) is 12.3 Å². The zero-order valence-electron chi connectivity index (χ0n) is 9.50. The van der Waals surface area contributed by atoms with Gasteiger partial charge in [0.2, 0.25) is 0 Å². The van der Waals surface area contributed by atoms with E-state index < -0.39 is 17.1 Å². The smallest absolute Gasteiger partial charge is 0.359 e. The van der Waals surface area contributed by atoms with Crippen LogP contribution in [0.5, 0.6) is 0 Å². The van der Waals surface area contributed by atoms with E-state index in [2.05, 4.69) is 10.1 Å². The van der Waals surface area contributed by atoms with Gasteiger partial charge in [0.05, 0.1) is 16.0 Å². The zero-order chi connectivity index (χ0) is 14.2. The Kier molecular flexibility index (Phi) is 3.73. The lowest BCUT2D eigenvalue weighted by Crippen LogP contribution is -2.05. The maximum Gasteiger partial charge on any atom is 0.417 e. The number of aromatic nitrogens is 2. The number of rotatable bonds is 2. The van der Waals surface area contributed by atoms with E-state index in [1.54, 1.807) is 6.92 Å². The Morgan fingerprint density at radius 3 is 2.47 bits per heavy atom. The third-order valence-electron chi connectivity index (χ3n) is 2.33. The van der Waals surface area contributed by atoms with Crippen LogP contribution in [0.4, 0.5) is 13.2 Å². The van der Waals surface area contributed by atoms with Gasteiger partial charge in [0.25, 0.3) is 0 Å². The third kappa shape index (κ3) is 3.01. The van der Waals surface area contributed by atoms with Crippen molar-refractivity contribution in [2.24, 2.45) is 0 Å². The molecule has 2 aromatic heterocycles. The van der Waals surface area contributed by atoms with Crippen molar-refractivity contribution < 1.29 is 17.7 Å². The fraction of sp³-hybridized carbons (Fsp3) is 0.273. The van der Waals surface area contributed by atoms with Crippen molar-refractivity contribution in [1.82, 2.24) is 10.1 Å². The monoisotopic (exact) mass is 310 g/mol. The fourth-order valence-corrected chi connectivity index (χ4v) is 1.74. The van der Waals surface area contributed by atoms with Gasteiger partial charge in [0.15, 0.2) is 5.76 Å². The number of halogens is 5. The van der Waals surface area contributed by atoms with Gasteiger partial charge in [-0.15, -0.1) is 11.6 Å². The predicted octanol–water partition coefficient (Wildman–Crippen LogP) is 4.71. The molecule has 8 heteroatoms. The Morgan fingerprint density at radius 1 is 1.32 bits per heavy atom. The molecule has 0 spiro atoms. The van der Waals surface area contributed by atoms with E-state index >= 15 is 0 Å². The molecular weight excluding hydrogens is 304 g/mol. The van der Waals surface area contributed by atoms with Gasteiger partial charge >= 0.3 is 6.18 Å². The minimum absolute atomic E-state index is 0.113. The first-order chi connectivity index (χ1) is 8.79. The highest BCUT2D eigenvalue weighted by molar-refractivity contribution is 6.33. The first-order valence-corrected chi connectivity index (χ1v) is 5.94. The molecule has 0 aromatic carbocycles. The standard InChI is InChI=1S/C11H7Cl2F3N2O/c1-5(12)9-3-8(18-19-9)10-7(13)2-6(4-17-10)11(14,15)16/h2-5H,1H3/t5-/m0/s1. The second-order valence-electron chi connectivity index (χ2n) is 3.78. The summed E-state index contributed by atoms with van der Waals surface area (Å²) >= 11 is 11.6. The molecule has 19 heavy (non-hydrogen) atoms. The Morgan fingerprint density at radius 2 is 2.00 bits per heavy atom. The van der Waals surface area contributed by atoms with Gasteiger partial charge in [-0.05, 0) is 13.0 Å². The summed E-state index contributed by atoms with van der Waals surface area (Å²) in [7, 11) is 0. The number of pyridine rings is 1. The van der Waals surface area contributed by atoms with Crippen molar-refractivity contribution in [3.8, 4) is 11.4 Å². The summed E-state index contributed by atoms with van der Waals surface area (Å²) in [6.45, 7) is 1.67. The van der Waals surface area contributed by atoms with E-state index in [-0.39, 0.29) is 16.4 Å². The van der Waals surface area contributed by atoms with Crippen molar-refractivity contribution in [1.29, 1.82) is 0 Å². The molecule has 0 N–H and O–H groups in total. The summed E-state index contributed by atoms with van der Waals surface area (Å²) in [5.74, 6) is 0.384. The van der Waals surface area contributed by atoms with Crippen LogP contribution in [0.3, 0.4) is 0 Å². The lowest BCUT2D eigenvalue weighted by molar-refractivity contribution is -0.137. The van der Waals surface area contributed by atoms with Crippen LogP contribution in [0.25, 0.3) is 11.4 Å². The maximum absolute atomic E-state index is 12.5. The average Bonchev–Trinajstić information content (AvgIpc) is 2.76. The van der Waals surface area contributed by atoms with Crippen molar-refractivity contribution in [2.45, 2.75) is 18.5 Å². The normalized spacial score (nSPS) is 13.6. The average molecular weight is 311 g/mol. The molecule has 0 aliphatic carbocycles. The van der Waals surface area contributed by atoms with Gasteiger partial charge in [-0.2, -0.15) is 13.2 Å². The van der Waals surface area contributed by atoms with E-state index in [9.17, 15) is 13.2 Å². The van der Waals surface area contributed by atoms with Crippen LogP contribution in [0.1, 0.15) is 23.6 Å². The molecule has 0 saturated heterocycles. The molecule has 1 atom stereocenters.